The van der Waals surface area contributed by atoms with Crippen LogP contribution in [0.4, 0.5) is 0 Å². The fraction of sp³-hybridized carbons (Fsp3) is 1.00. The third-order valence-corrected chi connectivity index (χ3v) is 0.671. The molecule has 0 fully saturated rings. The second-order valence-electron chi connectivity index (χ2n) is 1.43. The average Bonchev–Trinajstić information content (AvgIpc) is 1.69. The average molecular weight is 209 g/mol. The smallest absolute Gasteiger partial charge is 0.00244 e. The van der Waals surface area contributed by atoms with Crippen molar-refractivity contribution in [3.8, 4) is 0 Å². The first-order valence-electron chi connectivity index (χ1n) is 2.94. The van der Waals surface area contributed by atoms with E-state index in [1.165, 1.54) is 22.7 Å². The number of rotatable bonds is 1. The van der Waals surface area contributed by atoms with E-state index in [0.717, 1.165) is 5.75 Å². The molecule has 62 valence electrons. The van der Waals surface area contributed by atoms with Crippen molar-refractivity contribution < 1.29 is 0 Å². The Kier molecular flexibility index (Phi) is 88.1. The molecule has 0 aromatic heterocycles. The van der Waals surface area contributed by atoms with Gasteiger partial charge in [-0.05, 0) is 12.2 Å². The lowest BCUT2D eigenvalue weighted by atomic mass is 10.6. The molecule has 0 saturated carbocycles. The quantitative estimate of drug-likeness (QED) is 0.495. The minimum Gasteiger partial charge on any atom is -0.179 e. The van der Waals surface area contributed by atoms with E-state index in [9.17, 15) is 0 Å². The summed E-state index contributed by atoms with van der Waals surface area (Å²) in [5, 5.41) is 0. The van der Waals surface area contributed by atoms with Crippen molar-refractivity contribution in [2.75, 3.05) is 5.75 Å². The highest BCUT2D eigenvalue weighted by Gasteiger charge is 1.57. The topological polar surface area (TPSA) is 0 Å². The monoisotopic (exact) mass is 208 g/mol. The number of hydrogen-bond acceptors (Lipinski definition) is 1. The SMILES string of the molecule is CCCS.CC[SiH3].Cl.Cl. The summed E-state index contributed by atoms with van der Waals surface area (Å²) in [7, 11) is 1.37. The summed E-state index contributed by atoms with van der Waals surface area (Å²) < 4.78 is 0. The van der Waals surface area contributed by atoms with Crippen LogP contribution in [-0.4, -0.2) is 16.0 Å². The molecule has 0 nitrogen and oxygen atoms in total. The van der Waals surface area contributed by atoms with Crippen LogP contribution in [0.5, 0.6) is 0 Å². The van der Waals surface area contributed by atoms with Gasteiger partial charge in [-0.1, -0.05) is 19.9 Å². The van der Waals surface area contributed by atoms with Crippen molar-refractivity contribution in [1.29, 1.82) is 0 Å². The van der Waals surface area contributed by atoms with Gasteiger partial charge in [0.05, 0.1) is 0 Å². The normalized spacial score (nSPS) is 5.67. The van der Waals surface area contributed by atoms with Gasteiger partial charge in [-0.2, -0.15) is 12.6 Å². The van der Waals surface area contributed by atoms with Crippen LogP contribution in [-0.2, 0) is 0 Å². The largest absolute Gasteiger partial charge is 0.179 e. The Bertz CT molecular complexity index is 22.4. The number of thiol groups is 1. The molecule has 0 rings (SSSR count). The maximum absolute atomic E-state index is 3.92. The van der Waals surface area contributed by atoms with Crippen molar-refractivity contribution in [3.63, 3.8) is 0 Å². The van der Waals surface area contributed by atoms with Gasteiger partial charge in [0.1, 0.15) is 0 Å². The van der Waals surface area contributed by atoms with Crippen molar-refractivity contribution in [2.45, 2.75) is 26.3 Å². The molecule has 0 amide bonds. The first kappa shape index (κ1) is 22.5. The van der Waals surface area contributed by atoms with E-state index in [0.29, 0.717) is 0 Å². The zero-order chi connectivity index (χ0) is 6.12. The van der Waals surface area contributed by atoms with Crippen molar-refractivity contribution in [3.05, 3.63) is 0 Å². The standard InChI is InChI=1S/C3H8S.C2H8Si.2ClH/c1-2-3-4;1-2-3;;/h4H,2-3H2,1H3;2H2,1,3H3;2*1H. The molecule has 0 bridgehead atoms. The van der Waals surface area contributed by atoms with Crippen molar-refractivity contribution in [2.24, 2.45) is 0 Å². The molecule has 0 aromatic rings. The van der Waals surface area contributed by atoms with Gasteiger partial charge in [-0.15, -0.1) is 24.8 Å². The summed E-state index contributed by atoms with van der Waals surface area (Å²) in [6, 6.07) is 1.39. The molecule has 4 heteroatoms. The molecule has 0 aliphatic rings. The predicted octanol–water partition coefficient (Wildman–Crippen LogP) is 1.96. The molecule has 0 heterocycles. The van der Waals surface area contributed by atoms with Gasteiger partial charge in [0.25, 0.3) is 0 Å². The summed E-state index contributed by atoms with van der Waals surface area (Å²) >= 11 is 3.92. The maximum atomic E-state index is 3.92. The Hall–Kier alpha value is 1.15. The van der Waals surface area contributed by atoms with Crippen LogP contribution in [0.25, 0.3) is 0 Å². The van der Waals surface area contributed by atoms with E-state index >= 15 is 0 Å². The van der Waals surface area contributed by atoms with Gasteiger partial charge < -0.3 is 0 Å². The number of hydrogen-bond donors (Lipinski definition) is 1. The van der Waals surface area contributed by atoms with Gasteiger partial charge >= 0.3 is 0 Å². The lowest BCUT2D eigenvalue weighted by Gasteiger charge is -1.67. The third kappa shape index (κ3) is 101. The van der Waals surface area contributed by atoms with Gasteiger partial charge in [-0.25, -0.2) is 0 Å². The first-order valence-corrected chi connectivity index (χ1v) is 4.98. The van der Waals surface area contributed by atoms with Gasteiger partial charge in [0.15, 0.2) is 0 Å². The minimum atomic E-state index is 0. The highest BCUT2D eigenvalue weighted by molar-refractivity contribution is 7.80. The van der Waals surface area contributed by atoms with Crippen molar-refractivity contribution in [1.82, 2.24) is 0 Å². The molecule has 0 radical (unpaired) electrons. The lowest BCUT2D eigenvalue weighted by Crippen LogP contribution is -1.56. The molecule has 0 aliphatic heterocycles. The molecule has 0 unspecified atom stereocenters. The predicted molar refractivity (Wildman–Crippen MR) is 59.1 cm³/mol. The molecule has 9 heavy (non-hydrogen) atoms. The summed E-state index contributed by atoms with van der Waals surface area (Å²) in [5.41, 5.74) is 0. The van der Waals surface area contributed by atoms with E-state index in [4.69, 9.17) is 0 Å². The van der Waals surface area contributed by atoms with Gasteiger partial charge in [0.2, 0.25) is 0 Å². The zero-order valence-corrected chi connectivity index (χ0v) is 10.9. The Morgan fingerprint density at radius 2 is 1.33 bits per heavy atom. The third-order valence-electron chi connectivity index (χ3n) is 0.224. The van der Waals surface area contributed by atoms with Crippen LogP contribution < -0.4 is 0 Å². The Balaban J connectivity index is -0.0000000233. The molecule has 0 aliphatic carbocycles. The van der Waals surface area contributed by atoms with E-state index in [1.54, 1.807) is 0 Å². The van der Waals surface area contributed by atoms with Crippen LogP contribution in [0.3, 0.4) is 0 Å². The molecule has 0 spiro atoms. The highest BCUT2D eigenvalue weighted by Crippen LogP contribution is 1.74. The summed E-state index contributed by atoms with van der Waals surface area (Å²) in [6.07, 6.45) is 1.18. The molecule has 0 aromatic carbocycles. The van der Waals surface area contributed by atoms with Crippen LogP contribution in [0, 0.1) is 0 Å². The second kappa shape index (κ2) is 35.3. The highest BCUT2D eigenvalue weighted by atomic mass is 35.5. The van der Waals surface area contributed by atoms with Crippen LogP contribution in [0.15, 0.2) is 0 Å². The summed E-state index contributed by atoms with van der Waals surface area (Å²) in [6.45, 7) is 4.29. The van der Waals surface area contributed by atoms with Crippen LogP contribution >= 0.6 is 37.4 Å². The van der Waals surface area contributed by atoms with Crippen molar-refractivity contribution >= 4 is 47.7 Å². The van der Waals surface area contributed by atoms with E-state index in [1.807, 2.05) is 0 Å². The lowest BCUT2D eigenvalue weighted by molar-refractivity contribution is 1.11. The maximum Gasteiger partial charge on any atom is 0.00244 e. The molecule has 0 saturated heterocycles. The van der Waals surface area contributed by atoms with E-state index < -0.39 is 0 Å². The van der Waals surface area contributed by atoms with Gasteiger partial charge in [-0.3, -0.25) is 0 Å². The molecular formula is C5H18Cl2SSi. The first-order chi connectivity index (χ1) is 3.33. The minimum absolute atomic E-state index is 0. The fourth-order valence-corrected chi connectivity index (χ4v) is 0. The van der Waals surface area contributed by atoms with E-state index in [2.05, 4.69) is 26.5 Å². The zero-order valence-electron chi connectivity index (χ0n) is 6.39. The number of halogens is 2. The molecule has 0 atom stereocenters. The Labute approximate surface area is 79.8 Å². The summed E-state index contributed by atoms with van der Waals surface area (Å²) in [4.78, 5) is 0. The van der Waals surface area contributed by atoms with Crippen LogP contribution in [0.1, 0.15) is 20.3 Å². The fourth-order valence-electron chi connectivity index (χ4n) is 0. The second-order valence-corrected chi connectivity index (χ2v) is 3.29. The Morgan fingerprint density at radius 1 is 1.22 bits per heavy atom. The Morgan fingerprint density at radius 3 is 1.33 bits per heavy atom. The van der Waals surface area contributed by atoms with Crippen LogP contribution in [0.2, 0.25) is 6.04 Å². The van der Waals surface area contributed by atoms with E-state index in [-0.39, 0.29) is 24.8 Å². The molecular weight excluding hydrogens is 191 g/mol. The molecule has 0 N–H and O–H groups in total. The van der Waals surface area contributed by atoms with Gasteiger partial charge in [0, 0.05) is 10.2 Å². The summed E-state index contributed by atoms with van der Waals surface area (Å²) in [5.74, 6) is 1.01.